The van der Waals surface area contributed by atoms with Gasteiger partial charge in [0.05, 0.1) is 0 Å². The molecular weight excluding hydrogens is 352 g/mol. The summed E-state index contributed by atoms with van der Waals surface area (Å²) in [5.74, 6) is -0.143. The topological polar surface area (TPSA) is 63.1 Å². The molecule has 25 heavy (non-hydrogen) atoms. The SMILES string of the molecule is Cc1nc(SC(C(=O)O)c2ccccc2)c2c3c(sc2n1)CCCC3. The Kier molecular flexibility index (Phi) is 4.48. The van der Waals surface area contributed by atoms with E-state index in [-0.39, 0.29) is 0 Å². The summed E-state index contributed by atoms with van der Waals surface area (Å²) in [7, 11) is 0. The van der Waals surface area contributed by atoms with Gasteiger partial charge in [0.1, 0.15) is 20.9 Å². The number of rotatable bonds is 4. The fourth-order valence-electron chi connectivity index (χ4n) is 3.31. The summed E-state index contributed by atoms with van der Waals surface area (Å²) < 4.78 is 0. The van der Waals surface area contributed by atoms with Crippen LogP contribution in [-0.2, 0) is 17.6 Å². The highest BCUT2D eigenvalue weighted by atomic mass is 32.2. The van der Waals surface area contributed by atoms with Crippen molar-refractivity contribution in [3.63, 3.8) is 0 Å². The summed E-state index contributed by atoms with van der Waals surface area (Å²) >= 11 is 3.07. The largest absolute Gasteiger partial charge is 0.480 e. The standard InChI is InChI=1S/C19H18N2O2S2/c1-11-20-17-15(13-9-5-6-10-14(13)24-17)18(21-11)25-16(19(22)23)12-7-3-2-4-8-12/h2-4,7-8,16H,5-6,9-10H2,1H3,(H,22,23). The van der Waals surface area contributed by atoms with E-state index in [9.17, 15) is 9.90 Å². The molecule has 0 spiro atoms. The number of hydrogen-bond acceptors (Lipinski definition) is 5. The van der Waals surface area contributed by atoms with Gasteiger partial charge in [0, 0.05) is 10.3 Å². The highest BCUT2D eigenvalue weighted by molar-refractivity contribution is 8.00. The van der Waals surface area contributed by atoms with Crippen LogP contribution in [0, 0.1) is 6.92 Å². The van der Waals surface area contributed by atoms with Crippen molar-refractivity contribution in [3.05, 3.63) is 52.2 Å². The van der Waals surface area contributed by atoms with Gasteiger partial charge in [-0.1, -0.05) is 42.1 Å². The van der Waals surface area contributed by atoms with Crippen molar-refractivity contribution < 1.29 is 9.90 Å². The smallest absolute Gasteiger partial charge is 0.321 e. The Morgan fingerprint density at radius 3 is 2.72 bits per heavy atom. The molecule has 1 aromatic carbocycles. The lowest BCUT2D eigenvalue weighted by Crippen LogP contribution is -2.09. The van der Waals surface area contributed by atoms with Crippen LogP contribution in [0.25, 0.3) is 10.2 Å². The normalized spacial score (nSPS) is 15.1. The first kappa shape index (κ1) is 16.5. The number of aromatic nitrogens is 2. The predicted octanol–water partition coefficient (Wildman–Crippen LogP) is 4.80. The van der Waals surface area contributed by atoms with Crippen molar-refractivity contribution >= 4 is 39.3 Å². The van der Waals surface area contributed by atoms with E-state index in [4.69, 9.17) is 0 Å². The zero-order valence-corrected chi connectivity index (χ0v) is 15.5. The van der Waals surface area contributed by atoms with Gasteiger partial charge < -0.3 is 5.11 Å². The second-order valence-corrected chi connectivity index (χ2v) is 8.39. The molecule has 0 fully saturated rings. The lowest BCUT2D eigenvalue weighted by Gasteiger charge is -2.15. The van der Waals surface area contributed by atoms with Crippen LogP contribution in [0.15, 0.2) is 35.4 Å². The van der Waals surface area contributed by atoms with Gasteiger partial charge in [-0.05, 0) is 43.7 Å². The summed E-state index contributed by atoms with van der Waals surface area (Å²) in [6.07, 6.45) is 4.54. The number of nitrogens with zero attached hydrogens (tertiary/aromatic N) is 2. The maximum atomic E-state index is 11.9. The minimum atomic E-state index is -0.843. The summed E-state index contributed by atoms with van der Waals surface area (Å²) in [4.78, 5) is 23.5. The third-order valence-electron chi connectivity index (χ3n) is 4.45. The van der Waals surface area contributed by atoms with Crippen LogP contribution in [0.4, 0.5) is 0 Å². The first-order valence-corrected chi connectivity index (χ1v) is 10.1. The Hall–Kier alpha value is -1.92. The van der Waals surface area contributed by atoms with E-state index in [1.807, 2.05) is 37.3 Å². The van der Waals surface area contributed by atoms with Crippen LogP contribution in [0.3, 0.4) is 0 Å². The zero-order chi connectivity index (χ0) is 17.4. The van der Waals surface area contributed by atoms with Crippen LogP contribution < -0.4 is 0 Å². The molecule has 1 unspecified atom stereocenters. The highest BCUT2D eigenvalue weighted by Gasteiger charge is 2.26. The Bertz CT molecular complexity index is 937. The van der Waals surface area contributed by atoms with E-state index in [2.05, 4.69) is 9.97 Å². The van der Waals surface area contributed by atoms with Gasteiger partial charge in [-0.25, -0.2) is 9.97 Å². The molecule has 4 rings (SSSR count). The van der Waals surface area contributed by atoms with Gasteiger partial charge in [0.15, 0.2) is 0 Å². The second-order valence-electron chi connectivity index (χ2n) is 6.21. The Morgan fingerprint density at radius 2 is 1.96 bits per heavy atom. The van der Waals surface area contributed by atoms with Gasteiger partial charge in [-0.15, -0.1) is 11.3 Å². The number of thioether (sulfide) groups is 1. The van der Waals surface area contributed by atoms with E-state index in [0.717, 1.165) is 33.6 Å². The molecule has 0 bridgehead atoms. The number of benzene rings is 1. The van der Waals surface area contributed by atoms with Crippen LogP contribution in [0.2, 0.25) is 0 Å². The fourth-order valence-corrected chi connectivity index (χ4v) is 5.82. The van der Waals surface area contributed by atoms with Gasteiger partial charge in [0.2, 0.25) is 0 Å². The van der Waals surface area contributed by atoms with Crippen LogP contribution >= 0.6 is 23.1 Å². The fraction of sp³-hybridized carbons (Fsp3) is 0.316. The van der Waals surface area contributed by atoms with Gasteiger partial charge in [-0.3, -0.25) is 4.79 Å². The summed E-state index contributed by atoms with van der Waals surface area (Å²) in [6.45, 7) is 1.88. The average Bonchev–Trinajstić information content (AvgIpc) is 2.98. The van der Waals surface area contributed by atoms with Crippen molar-refractivity contribution in [1.29, 1.82) is 0 Å². The summed E-state index contributed by atoms with van der Waals surface area (Å²) in [6, 6.07) is 9.37. The number of carboxylic acids is 1. The maximum Gasteiger partial charge on any atom is 0.321 e. The first-order chi connectivity index (χ1) is 12.1. The van der Waals surface area contributed by atoms with E-state index in [0.29, 0.717) is 5.82 Å². The molecule has 1 atom stereocenters. The molecule has 2 heterocycles. The molecule has 1 N–H and O–H groups in total. The first-order valence-electron chi connectivity index (χ1n) is 8.37. The molecule has 1 aliphatic carbocycles. The monoisotopic (exact) mass is 370 g/mol. The zero-order valence-electron chi connectivity index (χ0n) is 13.9. The third kappa shape index (κ3) is 3.16. The number of carboxylic acid groups (broad SMARTS) is 1. The molecule has 0 saturated carbocycles. The van der Waals surface area contributed by atoms with E-state index in [1.165, 1.54) is 35.0 Å². The maximum absolute atomic E-state index is 11.9. The second kappa shape index (κ2) is 6.77. The van der Waals surface area contributed by atoms with Crippen LogP contribution in [-0.4, -0.2) is 21.0 Å². The number of carbonyl (C=O) groups is 1. The Morgan fingerprint density at radius 1 is 1.20 bits per heavy atom. The van der Waals surface area contributed by atoms with Crippen LogP contribution in [0.1, 0.15) is 39.9 Å². The van der Waals surface area contributed by atoms with Gasteiger partial charge >= 0.3 is 5.97 Å². The van der Waals surface area contributed by atoms with Crippen molar-refractivity contribution in [1.82, 2.24) is 9.97 Å². The van der Waals surface area contributed by atoms with Crippen molar-refractivity contribution in [2.24, 2.45) is 0 Å². The number of hydrogen-bond donors (Lipinski definition) is 1. The molecule has 1 aliphatic rings. The molecule has 4 nitrogen and oxygen atoms in total. The molecular formula is C19H18N2O2S2. The molecule has 0 radical (unpaired) electrons. The number of fused-ring (bicyclic) bond motifs is 3. The average molecular weight is 370 g/mol. The Labute approximate surface area is 154 Å². The molecule has 0 saturated heterocycles. The van der Waals surface area contributed by atoms with Crippen molar-refractivity contribution in [2.45, 2.75) is 42.9 Å². The molecule has 128 valence electrons. The molecule has 0 aliphatic heterocycles. The number of aryl methyl sites for hydroxylation is 3. The van der Waals surface area contributed by atoms with Crippen LogP contribution in [0.5, 0.6) is 0 Å². The quantitative estimate of drug-likeness (QED) is 0.528. The Balaban J connectivity index is 1.82. The molecule has 0 amide bonds. The number of aliphatic carboxylic acids is 1. The predicted molar refractivity (Wildman–Crippen MR) is 101 cm³/mol. The third-order valence-corrected chi connectivity index (χ3v) is 6.86. The van der Waals surface area contributed by atoms with E-state index < -0.39 is 11.2 Å². The molecule has 2 aromatic heterocycles. The van der Waals surface area contributed by atoms with Crippen molar-refractivity contribution in [2.75, 3.05) is 0 Å². The highest BCUT2D eigenvalue weighted by Crippen LogP contribution is 2.43. The minimum absolute atomic E-state index is 0.669. The lowest BCUT2D eigenvalue weighted by atomic mass is 9.97. The van der Waals surface area contributed by atoms with Gasteiger partial charge in [0.25, 0.3) is 0 Å². The lowest BCUT2D eigenvalue weighted by molar-refractivity contribution is -0.136. The van der Waals surface area contributed by atoms with Crippen molar-refractivity contribution in [3.8, 4) is 0 Å². The summed E-state index contributed by atoms with van der Waals surface area (Å²) in [5.41, 5.74) is 2.12. The molecule has 3 aromatic rings. The molecule has 6 heteroatoms. The van der Waals surface area contributed by atoms with Gasteiger partial charge in [-0.2, -0.15) is 0 Å². The minimum Gasteiger partial charge on any atom is -0.480 e. The number of thiophene rings is 1. The summed E-state index contributed by atoms with van der Waals surface area (Å²) in [5, 5.41) is 11.0. The van der Waals surface area contributed by atoms with E-state index in [1.54, 1.807) is 11.3 Å². The van der Waals surface area contributed by atoms with E-state index >= 15 is 0 Å².